The molecule has 1 unspecified atom stereocenters. The molecule has 1 aromatic heterocycles. The summed E-state index contributed by atoms with van der Waals surface area (Å²) in [6.07, 6.45) is -5.48. The fourth-order valence-electron chi connectivity index (χ4n) is 2.54. The fraction of sp³-hybridized carbons (Fsp3) is 0.190. The molecule has 1 N–H and O–H groups in total. The lowest BCUT2D eigenvalue weighted by Gasteiger charge is -2.13. The zero-order valence-corrected chi connectivity index (χ0v) is 16.8. The molecular weight excluding hydrogens is 417 g/mol. The Bertz CT molecular complexity index is 1050. The number of ether oxygens (including phenoxy) is 1. The van der Waals surface area contributed by atoms with Crippen LogP contribution >= 0.6 is 11.3 Å². The van der Waals surface area contributed by atoms with Crippen molar-refractivity contribution in [3.8, 4) is 10.6 Å². The topological polar surface area (TPSA) is 68.3 Å². The van der Waals surface area contributed by atoms with E-state index in [4.69, 9.17) is 4.74 Å². The molecule has 30 heavy (non-hydrogen) atoms. The highest BCUT2D eigenvalue weighted by Crippen LogP contribution is 2.33. The van der Waals surface area contributed by atoms with Gasteiger partial charge in [-0.25, -0.2) is 9.78 Å². The van der Waals surface area contributed by atoms with E-state index in [0.29, 0.717) is 22.0 Å². The van der Waals surface area contributed by atoms with Crippen molar-refractivity contribution in [1.29, 1.82) is 0 Å². The van der Waals surface area contributed by atoms with Crippen molar-refractivity contribution < 1.29 is 27.5 Å². The van der Waals surface area contributed by atoms with Crippen molar-refractivity contribution in [1.82, 2.24) is 4.98 Å². The lowest BCUT2D eigenvalue weighted by atomic mass is 10.1. The first-order valence-corrected chi connectivity index (χ1v) is 9.69. The molecule has 5 nitrogen and oxygen atoms in total. The number of para-hydroxylation sites is 1. The summed E-state index contributed by atoms with van der Waals surface area (Å²) in [4.78, 5) is 29.1. The number of halogens is 3. The van der Waals surface area contributed by atoms with E-state index >= 15 is 0 Å². The second kappa shape index (κ2) is 8.66. The lowest BCUT2D eigenvalue weighted by molar-refractivity contribution is -0.137. The summed E-state index contributed by atoms with van der Waals surface area (Å²) in [5, 5.41) is 3.03. The minimum atomic E-state index is -4.43. The van der Waals surface area contributed by atoms with Crippen molar-refractivity contribution >= 4 is 28.9 Å². The molecule has 0 saturated heterocycles. The van der Waals surface area contributed by atoms with E-state index in [-0.39, 0.29) is 4.88 Å². The van der Waals surface area contributed by atoms with E-state index < -0.39 is 29.7 Å². The number of aryl methyl sites for hydroxylation is 1. The van der Waals surface area contributed by atoms with Crippen molar-refractivity contribution in [3.63, 3.8) is 0 Å². The maximum atomic E-state index is 12.7. The first-order valence-electron chi connectivity index (χ1n) is 8.87. The Morgan fingerprint density at radius 1 is 1.07 bits per heavy atom. The number of esters is 1. The number of nitrogens with zero attached hydrogens (tertiary/aromatic N) is 1. The molecule has 1 amide bonds. The average Bonchev–Trinajstić information content (AvgIpc) is 3.10. The van der Waals surface area contributed by atoms with E-state index in [1.807, 2.05) is 0 Å². The molecule has 1 heterocycles. The molecule has 0 fully saturated rings. The van der Waals surface area contributed by atoms with Crippen molar-refractivity contribution in [2.24, 2.45) is 0 Å². The standard InChI is InChI=1S/C21H17F3N2O3S/c1-12-17(20(28)29-13(2)18(27)26-16-6-4-3-5-7-16)30-19(25-12)14-8-10-15(11-9-14)21(22,23)24/h3-11,13H,1-2H3,(H,26,27). The molecule has 0 saturated carbocycles. The monoisotopic (exact) mass is 434 g/mol. The number of carbonyl (C=O) groups excluding carboxylic acids is 2. The number of nitrogens with one attached hydrogen (secondary N) is 1. The van der Waals surface area contributed by atoms with Gasteiger partial charge in [0.05, 0.1) is 11.3 Å². The van der Waals surface area contributed by atoms with Gasteiger partial charge in [0.2, 0.25) is 0 Å². The molecule has 2 aromatic carbocycles. The quantitative estimate of drug-likeness (QED) is 0.552. The predicted octanol–water partition coefficient (Wildman–Crippen LogP) is 5.32. The van der Waals surface area contributed by atoms with Gasteiger partial charge in [0.25, 0.3) is 5.91 Å². The number of alkyl halides is 3. The van der Waals surface area contributed by atoms with Gasteiger partial charge in [0.15, 0.2) is 6.10 Å². The van der Waals surface area contributed by atoms with Crippen LogP contribution < -0.4 is 5.32 Å². The molecule has 156 valence electrons. The van der Waals surface area contributed by atoms with E-state index in [1.165, 1.54) is 19.1 Å². The molecule has 0 spiro atoms. The largest absolute Gasteiger partial charge is 0.448 e. The molecule has 0 radical (unpaired) electrons. The Hall–Kier alpha value is -3.20. The Morgan fingerprint density at radius 2 is 1.70 bits per heavy atom. The third-order valence-corrected chi connectivity index (χ3v) is 5.32. The number of thiazole rings is 1. The third kappa shape index (κ3) is 5.04. The summed E-state index contributed by atoms with van der Waals surface area (Å²) in [6, 6.07) is 13.2. The molecule has 0 bridgehead atoms. The van der Waals surface area contributed by atoms with Gasteiger partial charge in [-0.2, -0.15) is 13.2 Å². The normalized spacial score (nSPS) is 12.3. The summed E-state index contributed by atoms with van der Waals surface area (Å²) < 4.78 is 43.4. The summed E-state index contributed by atoms with van der Waals surface area (Å²) in [5.74, 6) is -1.21. The van der Waals surface area contributed by atoms with Crippen LogP contribution in [0.4, 0.5) is 18.9 Å². The highest BCUT2D eigenvalue weighted by atomic mass is 32.1. The van der Waals surface area contributed by atoms with Crippen LogP contribution in [0.15, 0.2) is 54.6 Å². The first kappa shape index (κ1) is 21.5. The number of hydrogen-bond acceptors (Lipinski definition) is 5. The Kier molecular flexibility index (Phi) is 6.21. The minimum absolute atomic E-state index is 0.184. The summed E-state index contributed by atoms with van der Waals surface area (Å²) >= 11 is 0.993. The molecular formula is C21H17F3N2O3S. The lowest BCUT2D eigenvalue weighted by Crippen LogP contribution is -2.29. The van der Waals surface area contributed by atoms with Crippen LogP contribution in [0.2, 0.25) is 0 Å². The molecule has 0 aliphatic rings. The third-order valence-electron chi connectivity index (χ3n) is 4.14. The summed E-state index contributed by atoms with van der Waals surface area (Å²) in [5.41, 5.74) is 0.627. The van der Waals surface area contributed by atoms with Crippen LogP contribution in [0, 0.1) is 6.92 Å². The molecule has 1 atom stereocenters. The minimum Gasteiger partial charge on any atom is -0.448 e. The van der Waals surface area contributed by atoms with Gasteiger partial charge in [-0.15, -0.1) is 11.3 Å². The SMILES string of the molecule is Cc1nc(-c2ccc(C(F)(F)F)cc2)sc1C(=O)OC(C)C(=O)Nc1ccccc1. The smallest absolute Gasteiger partial charge is 0.416 e. The maximum Gasteiger partial charge on any atom is 0.416 e. The van der Waals surface area contributed by atoms with Crippen LogP contribution in [-0.2, 0) is 15.7 Å². The van der Waals surface area contributed by atoms with Gasteiger partial charge < -0.3 is 10.1 Å². The molecule has 3 aromatic rings. The van der Waals surface area contributed by atoms with Crippen LogP contribution in [0.3, 0.4) is 0 Å². The first-order chi connectivity index (χ1) is 14.1. The highest BCUT2D eigenvalue weighted by molar-refractivity contribution is 7.17. The second-order valence-corrected chi connectivity index (χ2v) is 7.41. The van der Waals surface area contributed by atoms with E-state index in [2.05, 4.69) is 10.3 Å². The summed E-state index contributed by atoms with van der Waals surface area (Å²) in [7, 11) is 0. The van der Waals surface area contributed by atoms with Crippen molar-refractivity contribution in [2.45, 2.75) is 26.1 Å². The Balaban J connectivity index is 1.70. The number of aromatic nitrogens is 1. The van der Waals surface area contributed by atoms with Gasteiger partial charge >= 0.3 is 12.1 Å². The van der Waals surface area contributed by atoms with Crippen LogP contribution in [0.25, 0.3) is 10.6 Å². The van der Waals surface area contributed by atoms with E-state index in [9.17, 15) is 22.8 Å². The van der Waals surface area contributed by atoms with Gasteiger partial charge in [0.1, 0.15) is 9.88 Å². The molecule has 0 aliphatic heterocycles. The number of carbonyl (C=O) groups is 2. The highest BCUT2D eigenvalue weighted by Gasteiger charge is 2.30. The van der Waals surface area contributed by atoms with Crippen LogP contribution in [0.5, 0.6) is 0 Å². The Morgan fingerprint density at radius 3 is 2.30 bits per heavy atom. The fourth-order valence-corrected chi connectivity index (χ4v) is 3.50. The van der Waals surface area contributed by atoms with Crippen molar-refractivity contribution in [2.75, 3.05) is 5.32 Å². The number of anilines is 1. The molecule has 9 heteroatoms. The summed E-state index contributed by atoms with van der Waals surface area (Å²) in [6.45, 7) is 3.04. The maximum absolute atomic E-state index is 12.7. The van der Waals surface area contributed by atoms with Crippen LogP contribution in [0.1, 0.15) is 27.9 Å². The van der Waals surface area contributed by atoms with Gasteiger partial charge in [0, 0.05) is 11.3 Å². The van der Waals surface area contributed by atoms with Gasteiger partial charge in [-0.05, 0) is 38.1 Å². The zero-order valence-electron chi connectivity index (χ0n) is 16.0. The second-order valence-electron chi connectivity index (χ2n) is 6.41. The van der Waals surface area contributed by atoms with Gasteiger partial charge in [-0.3, -0.25) is 4.79 Å². The van der Waals surface area contributed by atoms with E-state index in [0.717, 1.165) is 23.5 Å². The number of benzene rings is 2. The predicted molar refractivity (Wildman–Crippen MR) is 107 cm³/mol. The van der Waals surface area contributed by atoms with Gasteiger partial charge in [-0.1, -0.05) is 30.3 Å². The van der Waals surface area contributed by atoms with E-state index in [1.54, 1.807) is 37.3 Å². The molecule has 0 aliphatic carbocycles. The number of hydrogen-bond donors (Lipinski definition) is 1. The zero-order chi connectivity index (χ0) is 21.9. The average molecular weight is 434 g/mol. The van der Waals surface area contributed by atoms with Crippen LogP contribution in [-0.4, -0.2) is 23.0 Å². The number of rotatable bonds is 5. The molecule has 3 rings (SSSR count). The number of amides is 1. The van der Waals surface area contributed by atoms with Crippen molar-refractivity contribution in [3.05, 3.63) is 70.7 Å². The Labute approximate surface area is 174 Å².